The van der Waals surface area contributed by atoms with Crippen molar-refractivity contribution < 1.29 is 24.2 Å². The molecule has 2 N–H and O–H groups in total. The largest absolute Gasteiger partial charge is 0.493 e. The highest BCUT2D eigenvalue weighted by Gasteiger charge is 2.24. The summed E-state index contributed by atoms with van der Waals surface area (Å²) in [6.45, 7) is 1.44. The van der Waals surface area contributed by atoms with Crippen LogP contribution in [0, 0.1) is 0 Å². The average molecular weight is 367 g/mol. The van der Waals surface area contributed by atoms with E-state index in [-0.39, 0.29) is 5.91 Å². The number of carbonyl (C=O) groups excluding carboxylic acids is 1. The van der Waals surface area contributed by atoms with Gasteiger partial charge in [-0.15, -0.1) is 0 Å². The first-order chi connectivity index (χ1) is 11.4. The second kappa shape index (κ2) is 8.16. The van der Waals surface area contributed by atoms with Crippen LogP contribution in [0.25, 0.3) is 0 Å². The van der Waals surface area contributed by atoms with Gasteiger partial charge in [0.05, 0.1) is 12.0 Å². The molecule has 0 unspecified atom stereocenters. The van der Waals surface area contributed by atoms with Crippen LogP contribution in [0.15, 0.2) is 28.7 Å². The van der Waals surface area contributed by atoms with E-state index in [0.717, 1.165) is 11.1 Å². The molecule has 1 amide bonds. The maximum Gasteiger partial charge on any atom is 0.341 e. The first kappa shape index (κ1) is 18.3. The molecule has 1 aromatic rings. The lowest BCUT2D eigenvalue weighted by atomic mass is 10.0. The minimum Gasteiger partial charge on any atom is -0.493 e. The van der Waals surface area contributed by atoms with Gasteiger partial charge in [0.1, 0.15) is 4.32 Å². The third kappa shape index (κ3) is 4.48. The Hall–Kier alpha value is -2.06. The number of allylic oxidation sites excluding steroid dienone is 1. The number of hydrogen-bond donors (Lipinski definition) is 2. The van der Waals surface area contributed by atoms with Crippen molar-refractivity contribution in [2.45, 2.75) is 19.8 Å². The van der Waals surface area contributed by atoms with E-state index in [0.29, 0.717) is 33.6 Å². The van der Waals surface area contributed by atoms with Crippen LogP contribution in [0.1, 0.15) is 18.9 Å². The zero-order valence-electron chi connectivity index (χ0n) is 13.3. The lowest BCUT2D eigenvalue weighted by molar-refractivity contribution is -0.139. The molecule has 1 aromatic carbocycles. The number of carbonyl (C=O) groups is 2. The smallest absolute Gasteiger partial charge is 0.341 e. The number of rotatable bonds is 7. The highest BCUT2D eigenvalue weighted by Crippen LogP contribution is 2.34. The Labute approximate surface area is 149 Å². The molecule has 1 saturated heterocycles. The van der Waals surface area contributed by atoms with Crippen molar-refractivity contribution in [1.29, 1.82) is 0 Å². The zero-order valence-corrected chi connectivity index (χ0v) is 14.9. The Bertz CT molecular complexity index is 714. The molecule has 1 heterocycles. The number of ether oxygens (including phenoxy) is 2. The van der Waals surface area contributed by atoms with Crippen LogP contribution >= 0.6 is 24.0 Å². The maximum absolute atomic E-state index is 11.8. The Kier molecular flexibility index (Phi) is 6.22. The molecule has 0 radical (unpaired) electrons. The fraction of sp³-hybridized carbons (Fsp3) is 0.312. The van der Waals surface area contributed by atoms with Crippen molar-refractivity contribution >= 4 is 40.2 Å². The highest BCUT2D eigenvalue weighted by atomic mass is 32.2. The topological polar surface area (TPSA) is 84.9 Å². The fourth-order valence-electron chi connectivity index (χ4n) is 2.25. The van der Waals surface area contributed by atoms with Crippen molar-refractivity contribution in [3.63, 3.8) is 0 Å². The first-order valence-corrected chi connectivity index (χ1v) is 8.38. The van der Waals surface area contributed by atoms with Gasteiger partial charge in [-0.25, -0.2) is 4.79 Å². The molecule has 0 aromatic heterocycles. The van der Waals surface area contributed by atoms with Crippen LogP contribution in [0.5, 0.6) is 11.5 Å². The highest BCUT2D eigenvalue weighted by molar-refractivity contribution is 8.26. The van der Waals surface area contributed by atoms with Gasteiger partial charge in [-0.1, -0.05) is 41.7 Å². The van der Waals surface area contributed by atoms with Gasteiger partial charge in [-0.3, -0.25) is 4.79 Å². The number of hydrogen-bond acceptors (Lipinski definition) is 6. The Morgan fingerprint density at radius 2 is 2.17 bits per heavy atom. The number of thioether (sulfide) groups is 1. The summed E-state index contributed by atoms with van der Waals surface area (Å²) in [5, 5.41) is 11.4. The van der Waals surface area contributed by atoms with Gasteiger partial charge >= 0.3 is 5.97 Å². The van der Waals surface area contributed by atoms with Gasteiger partial charge < -0.3 is 19.9 Å². The molecule has 24 heavy (non-hydrogen) atoms. The number of benzene rings is 1. The standard InChI is InChI=1S/C16H17NO5S2/c1-9(14-15(20)17-16(23)24-14)6-7-10-4-3-5-11(21-2)13(10)22-8-12(18)19/h3-5H,6-8H2,1-2H3,(H,18,19)(H,17,20,23)/b14-9+. The summed E-state index contributed by atoms with van der Waals surface area (Å²) in [6.07, 6.45) is 1.21. The number of aryl methyl sites for hydroxylation is 1. The van der Waals surface area contributed by atoms with Crippen LogP contribution in [-0.4, -0.2) is 35.0 Å². The SMILES string of the molecule is COc1cccc(CC/C(C)=C2/SC(=S)NC2=O)c1OCC(=O)O. The lowest BCUT2D eigenvalue weighted by Gasteiger charge is -2.14. The molecule has 0 atom stereocenters. The summed E-state index contributed by atoms with van der Waals surface area (Å²) < 4.78 is 11.1. The summed E-state index contributed by atoms with van der Waals surface area (Å²) in [5.41, 5.74) is 1.74. The number of carboxylic acids is 1. The molecular weight excluding hydrogens is 350 g/mol. The second-order valence-electron chi connectivity index (χ2n) is 5.08. The molecule has 0 aliphatic carbocycles. The quantitative estimate of drug-likeness (QED) is 0.566. The Morgan fingerprint density at radius 3 is 2.75 bits per heavy atom. The maximum atomic E-state index is 11.8. The molecule has 0 bridgehead atoms. The lowest BCUT2D eigenvalue weighted by Crippen LogP contribution is -2.18. The number of para-hydroxylation sites is 1. The Morgan fingerprint density at radius 1 is 1.42 bits per heavy atom. The van der Waals surface area contributed by atoms with Gasteiger partial charge in [-0.2, -0.15) is 0 Å². The second-order valence-corrected chi connectivity index (χ2v) is 6.77. The normalized spacial score (nSPS) is 15.9. The van der Waals surface area contributed by atoms with E-state index in [2.05, 4.69) is 5.32 Å². The number of thiocarbonyl (C=S) groups is 1. The monoisotopic (exact) mass is 367 g/mol. The Balaban J connectivity index is 2.17. The van der Waals surface area contributed by atoms with E-state index in [9.17, 15) is 9.59 Å². The molecule has 6 nitrogen and oxygen atoms in total. The molecule has 2 rings (SSSR count). The third-order valence-electron chi connectivity index (χ3n) is 3.39. The summed E-state index contributed by atoms with van der Waals surface area (Å²) >= 11 is 6.25. The van der Waals surface area contributed by atoms with Gasteiger partial charge in [0, 0.05) is 0 Å². The molecule has 1 fully saturated rings. The van der Waals surface area contributed by atoms with E-state index < -0.39 is 12.6 Å². The molecule has 8 heteroatoms. The van der Waals surface area contributed by atoms with Crippen LogP contribution in [-0.2, 0) is 16.0 Å². The molecule has 1 aliphatic heterocycles. The van der Waals surface area contributed by atoms with Gasteiger partial charge in [-0.05, 0) is 31.4 Å². The number of carboxylic acid groups (broad SMARTS) is 1. The molecule has 0 saturated carbocycles. The van der Waals surface area contributed by atoms with Crippen molar-refractivity contribution in [2.24, 2.45) is 0 Å². The molecule has 0 spiro atoms. The van der Waals surface area contributed by atoms with Crippen molar-refractivity contribution in [3.8, 4) is 11.5 Å². The van der Waals surface area contributed by atoms with Gasteiger partial charge in [0.2, 0.25) is 0 Å². The first-order valence-electron chi connectivity index (χ1n) is 7.15. The zero-order chi connectivity index (χ0) is 17.7. The van der Waals surface area contributed by atoms with E-state index in [1.807, 2.05) is 19.1 Å². The predicted octanol–water partition coefficient (Wildman–Crippen LogP) is 2.51. The van der Waals surface area contributed by atoms with Crippen molar-refractivity contribution in [3.05, 3.63) is 34.2 Å². The van der Waals surface area contributed by atoms with Crippen LogP contribution < -0.4 is 14.8 Å². The molecule has 128 valence electrons. The van der Waals surface area contributed by atoms with Crippen LogP contribution in [0.3, 0.4) is 0 Å². The van der Waals surface area contributed by atoms with E-state index >= 15 is 0 Å². The number of methoxy groups -OCH3 is 1. The minimum atomic E-state index is -1.06. The number of aliphatic carboxylic acids is 1. The van der Waals surface area contributed by atoms with Gasteiger partial charge in [0.25, 0.3) is 5.91 Å². The number of amides is 1. The molecule has 1 aliphatic rings. The predicted molar refractivity (Wildman–Crippen MR) is 95.5 cm³/mol. The fourth-order valence-corrected chi connectivity index (χ4v) is 3.34. The summed E-state index contributed by atoms with van der Waals surface area (Å²) in [4.78, 5) is 23.2. The summed E-state index contributed by atoms with van der Waals surface area (Å²) in [6, 6.07) is 5.38. The average Bonchev–Trinajstić information content (AvgIpc) is 2.89. The number of nitrogens with one attached hydrogen (secondary N) is 1. The summed E-state index contributed by atoms with van der Waals surface area (Å²) in [5.74, 6) is -0.333. The van der Waals surface area contributed by atoms with Crippen molar-refractivity contribution in [1.82, 2.24) is 5.32 Å². The third-order valence-corrected chi connectivity index (χ3v) is 4.77. The van der Waals surface area contributed by atoms with Crippen LogP contribution in [0.4, 0.5) is 0 Å². The van der Waals surface area contributed by atoms with Crippen LogP contribution in [0.2, 0.25) is 0 Å². The van der Waals surface area contributed by atoms with Crippen molar-refractivity contribution in [2.75, 3.05) is 13.7 Å². The van der Waals surface area contributed by atoms with Gasteiger partial charge in [0.15, 0.2) is 18.1 Å². The van der Waals surface area contributed by atoms with E-state index in [4.69, 9.17) is 26.8 Å². The molecular formula is C16H17NO5S2. The van der Waals surface area contributed by atoms with E-state index in [1.54, 1.807) is 6.07 Å². The summed E-state index contributed by atoms with van der Waals surface area (Å²) in [7, 11) is 1.50. The van der Waals surface area contributed by atoms with E-state index in [1.165, 1.54) is 18.9 Å². The minimum absolute atomic E-state index is 0.171.